The summed E-state index contributed by atoms with van der Waals surface area (Å²) in [6.07, 6.45) is -3.03. The second-order valence-corrected chi connectivity index (χ2v) is 7.92. The molecule has 3 heterocycles. The molecule has 0 saturated carbocycles. The van der Waals surface area contributed by atoms with Gasteiger partial charge >= 0.3 is 13.8 Å². The van der Waals surface area contributed by atoms with Crippen molar-refractivity contribution in [3.8, 4) is 0 Å². The quantitative estimate of drug-likeness (QED) is 0.312. The van der Waals surface area contributed by atoms with E-state index in [1.54, 1.807) is 0 Å². The summed E-state index contributed by atoms with van der Waals surface area (Å²) >= 11 is 0. The first-order chi connectivity index (χ1) is 13.6. The van der Waals surface area contributed by atoms with Gasteiger partial charge in [-0.1, -0.05) is 0 Å². The van der Waals surface area contributed by atoms with Crippen LogP contribution in [0.25, 0.3) is 11.2 Å². The number of phosphoric ester groups is 1. The third-order valence-electron chi connectivity index (χ3n) is 4.11. The number of fused-ring (bicyclic) bond motifs is 1. The lowest BCUT2D eigenvalue weighted by Gasteiger charge is -2.17. The van der Waals surface area contributed by atoms with Crippen molar-refractivity contribution in [1.82, 2.24) is 19.5 Å². The van der Waals surface area contributed by atoms with E-state index in [4.69, 9.17) is 20.7 Å². The summed E-state index contributed by atoms with van der Waals surface area (Å²) in [5.41, 5.74) is 11.7. The molecule has 0 spiro atoms. The van der Waals surface area contributed by atoms with E-state index < -0.39 is 51.0 Å². The van der Waals surface area contributed by atoms with Crippen LogP contribution in [0, 0.1) is 0 Å². The average molecular weight is 432 g/mol. The maximum absolute atomic E-state index is 11.9. The molecule has 15 heteroatoms. The number of carbonyl (C=O) groups is 1. The number of ether oxygens (including phenoxy) is 1. The Morgan fingerprint density at radius 2 is 2.10 bits per heavy atom. The highest BCUT2D eigenvalue weighted by Crippen LogP contribution is 2.45. The highest BCUT2D eigenvalue weighted by Gasteiger charge is 2.45. The van der Waals surface area contributed by atoms with Gasteiger partial charge in [0.15, 0.2) is 17.7 Å². The summed E-state index contributed by atoms with van der Waals surface area (Å²) in [5.74, 6) is -0.893. The number of anilines is 1. The summed E-state index contributed by atoms with van der Waals surface area (Å²) < 4.78 is 27.8. The zero-order valence-corrected chi connectivity index (χ0v) is 16.1. The van der Waals surface area contributed by atoms with Gasteiger partial charge in [-0.2, -0.15) is 0 Å². The Balaban J connectivity index is 1.67. The lowest BCUT2D eigenvalue weighted by Crippen LogP contribution is -2.33. The van der Waals surface area contributed by atoms with E-state index in [1.807, 2.05) is 0 Å². The van der Waals surface area contributed by atoms with Gasteiger partial charge in [-0.05, 0) is 6.92 Å². The number of imidazole rings is 1. The van der Waals surface area contributed by atoms with Crippen molar-refractivity contribution in [2.45, 2.75) is 43.9 Å². The maximum atomic E-state index is 11.9. The highest BCUT2D eigenvalue weighted by molar-refractivity contribution is 7.48. The number of nitrogen functional groups attached to an aromatic ring is 1. The van der Waals surface area contributed by atoms with Crippen molar-refractivity contribution < 1.29 is 38.3 Å². The normalized spacial score (nSPS) is 27.6. The van der Waals surface area contributed by atoms with Crippen LogP contribution in [0.1, 0.15) is 19.6 Å². The molecule has 6 atom stereocenters. The summed E-state index contributed by atoms with van der Waals surface area (Å²) in [6.45, 7) is 0.880. The van der Waals surface area contributed by atoms with Gasteiger partial charge in [0, 0.05) is 6.04 Å². The van der Waals surface area contributed by atoms with Gasteiger partial charge in [0.2, 0.25) is 0 Å². The fraction of sp³-hybridized carbons (Fsp3) is 0.571. The minimum absolute atomic E-state index is 0.122. The number of carbonyl (C=O) groups excluding carboxylic acids is 1. The lowest BCUT2D eigenvalue weighted by molar-refractivity contribution is -0.136. The first-order valence-electron chi connectivity index (χ1n) is 8.49. The number of aliphatic hydroxyl groups excluding tert-OH is 2. The maximum Gasteiger partial charge on any atom is 0.529 e. The molecule has 1 aliphatic heterocycles. The minimum Gasteiger partial charge on any atom is -0.387 e. The number of nitrogens with zero attached hydrogens (tertiary/aromatic N) is 4. The number of hydrogen-bond donors (Lipinski definition) is 5. The molecule has 1 fully saturated rings. The number of phosphoric acid groups is 1. The molecule has 1 aliphatic rings. The standard InChI is InChI=1S/C14H21N6O8P/c1-6(15)2-8(21)28-29(24,25)26-3-7-10(22)11(23)14(27-7)20-5-19-9-12(16)17-4-18-13(9)20/h4-7,10-11,14,22-23H,2-3,15H2,1H3,(H,24,25)(H2,16,17,18)/t6-,7+,10+,11+,14+/m0/s1. The van der Waals surface area contributed by atoms with Crippen LogP contribution < -0.4 is 11.5 Å². The first kappa shape index (κ1) is 21.5. The summed E-state index contributed by atoms with van der Waals surface area (Å²) in [5, 5.41) is 20.5. The van der Waals surface area contributed by atoms with Gasteiger partial charge in [0.25, 0.3) is 0 Å². The Kier molecular flexibility index (Phi) is 6.14. The molecular formula is C14H21N6O8P. The molecule has 7 N–H and O–H groups in total. The van der Waals surface area contributed by atoms with Crippen molar-refractivity contribution in [3.05, 3.63) is 12.7 Å². The van der Waals surface area contributed by atoms with E-state index in [-0.39, 0.29) is 23.4 Å². The van der Waals surface area contributed by atoms with Crippen LogP contribution in [-0.2, 0) is 23.1 Å². The zero-order chi connectivity index (χ0) is 21.3. The van der Waals surface area contributed by atoms with Gasteiger partial charge in [-0.3, -0.25) is 18.8 Å². The zero-order valence-electron chi connectivity index (χ0n) is 15.2. The molecule has 0 aromatic carbocycles. The van der Waals surface area contributed by atoms with Gasteiger partial charge in [0.1, 0.15) is 30.2 Å². The van der Waals surface area contributed by atoms with Crippen molar-refractivity contribution in [2.24, 2.45) is 5.73 Å². The van der Waals surface area contributed by atoms with E-state index in [0.29, 0.717) is 0 Å². The largest absolute Gasteiger partial charge is 0.529 e. The van der Waals surface area contributed by atoms with Crippen LogP contribution in [0.2, 0.25) is 0 Å². The van der Waals surface area contributed by atoms with Crippen molar-refractivity contribution in [3.63, 3.8) is 0 Å². The SMILES string of the molecule is C[C@H](N)CC(=O)OP(=O)(O)OC[C@H]1O[C@@H](n2cnc3c(N)ncnc32)[C@H](O)[C@@H]1O. The minimum atomic E-state index is -4.76. The second kappa shape index (κ2) is 8.28. The van der Waals surface area contributed by atoms with Crippen LogP contribution in [0.3, 0.4) is 0 Å². The molecule has 29 heavy (non-hydrogen) atoms. The van der Waals surface area contributed by atoms with Gasteiger partial charge in [-0.25, -0.2) is 19.5 Å². The number of hydrogen-bond acceptors (Lipinski definition) is 12. The number of nitrogens with two attached hydrogens (primary N) is 2. The van der Waals surface area contributed by atoms with Gasteiger partial charge in [-0.15, -0.1) is 0 Å². The van der Waals surface area contributed by atoms with Crippen LogP contribution in [0.4, 0.5) is 5.82 Å². The highest BCUT2D eigenvalue weighted by atomic mass is 31.2. The molecule has 3 rings (SSSR count). The van der Waals surface area contributed by atoms with Gasteiger partial charge in [0.05, 0.1) is 19.4 Å². The second-order valence-electron chi connectivity index (χ2n) is 6.54. The fourth-order valence-electron chi connectivity index (χ4n) is 2.78. The molecule has 2 aromatic heterocycles. The van der Waals surface area contributed by atoms with Crippen LogP contribution in [0.15, 0.2) is 12.7 Å². The number of aromatic nitrogens is 4. The summed E-state index contributed by atoms with van der Waals surface area (Å²) in [7, 11) is -4.76. The Bertz CT molecular complexity index is 938. The summed E-state index contributed by atoms with van der Waals surface area (Å²) in [6, 6.07) is -0.568. The van der Waals surface area contributed by atoms with E-state index >= 15 is 0 Å². The van der Waals surface area contributed by atoms with E-state index in [1.165, 1.54) is 24.1 Å². The lowest BCUT2D eigenvalue weighted by atomic mass is 10.1. The van der Waals surface area contributed by atoms with Gasteiger partial charge < -0.3 is 30.9 Å². The van der Waals surface area contributed by atoms with E-state index in [9.17, 15) is 24.5 Å². The van der Waals surface area contributed by atoms with E-state index in [2.05, 4.69) is 19.5 Å². The monoisotopic (exact) mass is 432 g/mol. The average Bonchev–Trinajstić information content (AvgIpc) is 3.15. The summed E-state index contributed by atoms with van der Waals surface area (Å²) in [4.78, 5) is 33.0. The van der Waals surface area contributed by atoms with Crippen LogP contribution in [-0.4, -0.2) is 71.6 Å². The van der Waals surface area contributed by atoms with Crippen LogP contribution in [0.5, 0.6) is 0 Å². The Morgan fingerprint density at radius 1 is 1.38 bits per heavy atom. The van der Waals surface area contributed by atoms with Crippen molar-refractivity contribution in [1.29, 1.82) is 0 Å². The molecule has 0 amide bonds. The fourth-order valence-corrected chi connectivity index (χ4v) is 3.50. The predicted octanol–water partition coefficient (Wildman–Crippen LogP) is -1.57. The third-order valence-corrected chi connectivity index (χ3v) is 5.02. The van der Waals surface area contributed by atoms with E-state index in [0.717, 1.165) is 0 Å². The molecule has 0 bridgehead atoms. The third kappa shape index (κ3) is 4.70. The molecule has 1 unspecified atom stereocenters. The predicted molar refractivity (Wildman–Crippen MR) is 95.8 cm³/mol. The Hall–Kier alpha value is -2.19. The molecule has 14 nitrogen and oxygen atoms in total. The van der Waals surface area contributed by atoms with Crippen LogP contribution >= 0.6 is 7.82 Å². The molecule has 0 radical (unpaired) electrons. The van der Waals surface area contributed by atoms with Crippen molar-refractivity contribution >= 4 is 30.8 Å². The number of aliphatic hydroxyl groups is 2. The Morgan fingerprint density at radius 3 is 2.79 bits per heavy atom. The molecule has 0 aliphatic carbocycles. The molecular weight excluding hydrogens is 411 g/mol. The first-order valence-corrected chi connectivity index (χ1v) is 9.98. The molecule has 160 valence electrons. The molecule has 2 aromatic rings. The number of rotatable bonds is 7. The topological polar surface area (TPSA) is 218 Å². The smallest absolute Gasteiger partial charge is 0.387 e. The van der Waals surface area contributed by atoms with Crippen molar-refractivity contribution in [2.75, 3.05) is 12.3 Å². The molecule has 1 saturated heterocycles. The Labute approximate surface area is 164 Å².